The van der Waals surface area contributed by atoms with Crippen molar-refractivity contribution >= 4 is 59.2 Å². The molecule has 38 heteroatoms. The van der Waals surface area contributed by atoms with Crippen LogP contribution in [0.4, 0.5) is 5.69 Å². The molecular formula is C97H132N8O29S. The smallest absolute Gasteiger partial charge is 0.320 e. The van der Waals surface area contributed by atoms with E-state index < -0.39 is 84.1 Å². The van der Waals surface area contributed by atoms with Crippen LogP contribution in [0, 0.1) is 0 Å². The number of rotatable bonds is 44. The Hall–Kier alpha value is -10.1. The number of ether oxygens (including phenoxy) is 15. The van der Waals surface area contributed by atoms with Crippen LogP contribution in [0.1, 0.15) is 99.7 Å². The maximum absolute atomic E-state index is 10.7. The zero-order chi connectivity index (χ0) is 97.1. The van der Waals surface area contributed by atoms with Crippen molar-refractivity contribution in [1.29, 1.82) is 0 Å². The van der Waals surface area contributed by atoms with Crippen LogP contribution in [0.3, 0.4) is 0 Å². The van der Waals surface area contributed by atoms with Gasteiger partial charge in [0.25, 0.3) is 0 Å². The standard InChI is InChI=1S/C16H23NO4.C15H21NO4.C14H19NO4.C13H18N2O4.C13H17NO5.C13H17NO4S.C13H17NO4/c17-15(16(18)19)9-13-7-5-12(6-8-13)3-1-2-4-14-10-20-11-21-14;16-13(15(17)18)10-12-6-4-11(5-7-12)2-1-3-14-19-8-9-20-14;15-12(14(16)17)9-11-3-1-10(2-4-11)5-6-13-18-7-8-19-13;14-11(13(16)17)7-9-1-3-10(4-2-9)15-8-12-18-5-6-19-12;2*14-11(13(15)16)7-9-1-3-10(4-2-9)19-8-12-17-5-6-18-12;14-11(13(15)16)7-9-1-3-10(4-2-9)8-12-17-5-6-18-12/h5-8,14-15H,1-4,9-11,17H2,(H,18,19);4-7,13-14H,1-3,8-10,16H2,(H,17,18);1-4,12-13H,5-9,15H2,(H,16,17);1-4,11-12,15H,5-8,14H2,(H,16,17);2*1-4,11-12H,5-8,14H2,(H,15,16);1-4,11-12H,5-8,14H2,(H,15,16). The number of nitrogens with one attached hydrogen (secondary N) is 1. The lowest BCUT2D eigenvalue weighted by Gasteiger charge is -2.12. The van der Waals surface area contributed by atoms with Crippen LogP contribution in [0.5, 0.6) is 5.75 Å². The summed E-state index contributed by atoms with van der Waals surface area (Å²) in [6.45, 7) is 9.93. The van der Waals surface area contributed by atoms with Crippen LogP contribution < -0.4 is 50.2 Å². The fraction of sp³-hybridized carbons (Fsp3) is 0.495. The van der Waals surface area contributed by atoms with Gasteiger partial charge in [-0.1, -0.05) is 140 Å². The molecule has 0 spiro atoms. The summed E-state index contributed by atoms with van der Waals surface area (Å²) in [6.07, 6.45) is 11.4. The molecule has 7 saturated heterocycles. The number of hydrogen-bond donors (Lipinski definition) is 15. The van der Waals surface area contributed by atoms with E-state index in [1.807, 2.05) is 133 Å². The molecule has 7 fully saturated rings. The maximum atomic E-state index is 10.7. The third-order valence-electron chi connectivity index (χ3n) is 21.6. The molecule has 7 aromatic rings. The molecule has 14 rings (SSSR count). The Kier molecular flexibility index (Phi) is 50.6. The Morgan fingerprint density at radius 2 is 0.607 bits per heavy atom. The Labute approximate surface area is 789 Å². The third-order valence-corrected chi connectivity index (χ3v) is 22.6. The van der Waals surface area contributed by atoms with Crippen molar-refractivity contribution in [2.24, 2.45) is 40.1 Å². The summed E-state index contributed by atoms with van der Waals surface area (Å²) >= 11 is 1.65. The molecular weight excluding hydrogens is 1770 g/mol. The molecule has 0 aromatic heterocycles. The van der Waals surface area contributed by atoms with Gasteiger partial charge < -0.3 is 152 Å². The molecule has 7 aliphatic rings. The molecule has 37 nitrogen and oxygen atoms in total. The molecule has 7 aliphatic heterocycles. The van der Waals surface area contributed by atoms with Gasteiger partial charge in [-0.3, -0.25) is 33.6 Å². The van der Waals surface area contributed by atoms with E-state index in [1.54, 1.807) is 36.0 Å². The molecule has 7 aromatic carbocycles. The normalized spacial score (nSPS) is 17.8. The summed E-state index contributed by atoms with van der Waals surface area (Å²) in [6, 6.07) is 48.0. The molecule has 8 unspecified atom stereocenters. The molecule has 135 heavy (non-hydrogen) atoms. The number of carbonyl (C=O) groups is 7. The summed E-state index contributed by atoms with van der Waals surface area (Å²) in [4.78, 5) is 75.8. The SMILES string of the molecule is NC(Cc1ccc(CC2OCCO2)cc1)C(=O)O.NC(Cc1ccc(CCC2OCCO2)cc1)C(=O)O.NC(Cc1ccc(CCCC2OCCO2)cc1)C(=O)O.NC(Cc1ccc(CCCCC2COCO2)cc1)C(=O)O.NC(Cc1ccc(NCC2OCCO2)cc1)C(=O)O.NC(Cc1ccc(OCC2OCCO2)cc1)C(=O)O.NC(Cc1ccc(SCC2OCCO2)cc1)C(=O)O. The highest BCUT2D eigenvalue weighted by Crippen LogP contribution is 2.25. The first kappa shape index (κ1) is 110. The van der Waals surface area contributed by atoms with E-state index >= 15 is 0 Å². The first-order valence-corrected chi connectivity index (χ1v) is 46.1. The van der Waals surface area contributed by atoms with E-state index in [9.17, 15) is 33.6 Å². The molecule has 740 valence electrons. The van der Waals surface area contributed by atoms with Gasteiger partial charge in [0, 0.05) is 29.2 Å². The zero-order valence-corrected chi connectivity index (χ0v) is 76.7. The fourth-order valence-electron chi connectivity index (χ4n) is 13.9. The largest absolute Gasteiger partial charge is 0.488 e. The molecule has 0 radical (unpaired) electrons. The van der Waals surface area contributed by atoms with Gasteiger partial charge in [-0.15, -0.1) is 11.8 Å². The van der Waals surface area contributed by atoms with Gasteiger partial charge in [0.15, 0.2) is 37.7 Å². The summed E-state index contributed by atoms with van der Waals surface area (Å²) in [5.74, 6) is -5.41. The Morgan fingerprint density at radius 1 is 0.311 bits per heavy atom. The summed E-state index contributed by atoms with van der Waals surface area (Å²) < 4.78 is 80.1. The van der Waals surface area contributed by atoms with Gasteiger partial charge in [-0.05, 0) is 187 Å². The molecule has 0 saturated carbocycles. The topological polar surface area (TPSA) is 594 Å². The van der Waals surface area contributed by atoms with Gasteiger partial charge in [-0.25, -0.2) is 0 Å². The molecule has 0 amide bonds. The van der Waals surface area contributed by atoms with Crippen molar-refractivity contribution < 1.29 is 140 Å². The van der Waals surface area contributed by atoms with E-state index in [4.69, 9.17) is 147 Å². The number of benzene rings is 7. The number of aliphatic carboxylic acids is 7. The predicted octanol–water partition coefficient (Wildman–Crippen LogP) is 6.49. The Bertz CT molecular complexity index is 4210. The number of thioether (sulfide) groups is 1. The monoisotopic (exact) mass is 1900 g/mol. The third kappa shape index (κ3) is 45.2. The van der Waals surface area contributed by atoms with Crippen LogP contribution in [0.15, 0.2) is 175 Å². The van der Waals surface area contributed by atoms with Gasteiger partial charge >= 0.3 is 41.8 Å². The maximum Gasteiger partial charge on any atom is 0.320 e. The van der Waals surface area contributed by atoms with E-state index in [2.05, 4.69) is 17.4 Å². The first-order chi connectivity index (χ1) is 65.0. The molecule has 0 aliphatic carbocycles. The second-order valence-electron chi connectivity index (χ2n) is 32.5. The minimum atomic E-state index is -1.00. The number of anilines is 1. The van der Waals surface area contributed by atoms with Gasteiger partial charge in [0.2, 0.25) is 0 Å². The van der Waals surface area contributed by atoms with E-state index in [1.165, 1.54) is 16.7 Å². The number of unbranched alkanes of at least 4 members (excludes halogenated alkanes) is 1. The Balaban J connectivity index is 0.000000194. The molecule has 8 atom stereocenters. The second-order valence-corrected chi connectivity index (χ2v) is 33.6. The first-order valence-electron chi connectivity index (χ1n) is 45.1. The Morgan fingerprint density at radius 3 is 0.970 bits per heavy atom. The van der Waals surface area contributed by atoms with Gasteiger partial charge in [0.05, 0.1) is 98.5 Å². The summed E-state index contributed by atoms with van der Waals surface area (Å²) in [5.41, 5.74) is 50.6. The van der Waals surface area contributed by atoms with Gasteiger partial charge in [0.1, 0.15) is 61.4 Å². The van der Waals surface area contributed by atoms with Crippen molar-refractivity contribution in [2.45, 2.75) is 200 Å². The van der Waals surface area contributed by atoms with Crippen molar-refractivity contribution in [3.8, 4) is 5.75 Å². The number of carboxylic acids is 7. The van der Waals surface area contributed by atoms with Crippen LogP contribution >= 0.6 is 11.8 Å². The highest BCUT2D eigenvalue weighted by molar-refractivity contribution is 7.99. The highest BCUT2D eigenvalue weighted by Gasteiger charge is 2.25. The van der Waals surface area contributed by atoms with Crippen molar-refractivity contribution in [3.63, 3.8) is 0 Å². The van der Waals surface area contributed by atoms with Crippen molar-refractivity contribution in [2.75, 3.05) is 117 Å². The van der Waals surface area contributed by atoms with Crippen LogP contribution in [-0.2, 0) is 171 Å². The van der Waals surface area contributed by atoms with E-state index in [-0.39, 0.29) is 43.8 Å². The second kappa shape index (κ2) is 61.9. The van der Waals surface area contributed by atoms with Crippen LogP contribution in [0.2, 0.25) is 0 Å². The predicted molar refractivity (Wildman–Crippen MR) is 497 cm³/mol. The molecule has 0 bridgehead atoms. The van der Waals surface area contributed by atoms with Crippen molar-refractivity contribution in [1.82, 2.24) is 0 Å². The lowest BCUT2D eigenvalue weighted by atomic mass is 10.0. The van der Waals surface area contributed by atoms with E-state index in [0.717, 1.165) is 125 Å². The van der Waals surface area contributed by atoms with E-state index in [0.29, 0.717) is 156 Å². The number of carboxylic acid groups (broad SMARTS) is 7. The number of hydrogen-bond acceptors (Lipinski definition) is 31. The van der Waals surface area contributed by atoms with Crippen LogP contribution in [0.25, 0.3) is 0 Å². The minimum absolute atomic E-state index is 0.0390. The lowest BCUT2D eigenvalue weighted by molar-refractivity contribution is -0.139. The average molecular weight is 1910 g/mol. The number of nitrogens with two attached hydrogens (primary N) is 7. The minimum Gasteiger partial charge on any atom is -0.488 e. The lowest BCUT2D eigenvalue weighted by Crippen LogP contribution is -2.32. The zero-order valence-electron chi connectivity index (χ0n) is 75.9. The number of aryl methyl sites for hydroxylation is 3. The molecule has 7 heterocycles. The highest BCUT2D eigenvalue weighted by atomic mass is 32.2. The quantitative estimate of drug-likeness (QED) is 0.0143. The van der Waals surface area contributed by atoms with Gasteiger partial charge in [-0.2, -0.15) is 0 Å². The summed E-state index contributed by atoms with van der Waals surface area (Å²) in [5, 5.41) is 64.4. The van der Waals surface area contributed by atoms with Crippen LogP contribution in [-0.4, -0.2) is 275 Å². The average Bonchev–Trinajstić information content (AvgIpc) is 1.76. The van der Waals surface area contributed by atoms with Crippen molar-refractivity contribution in [3.05, 3.63) is 231 Å². The fourth-order valence-corrected chi connectivity index (χ4v) is 14.7. The summed E-state index contributed by atoms with van der Waals surface area (Å²) in [7, 11) is 0. The molecule has 22 N–H and O–H groups in total.